The summed E-state index contributed by atoms with van der Waals surface area (Å²) in [6, 6.07) is 4.13. The molecular formula is C14H19F3N2O2. The Hall–Kier alpha value is -1.79. The number of hydrogen-bond donors (Lipinski definition) is 1. The number of halogens is 3. The lowest BCUT2D eigenvalue weighted by molar-refractivity contribution is -0.480. The largest absolute Gasteiger partial charge is 0.416 e. The van der Waals surface area contributed by atoms with Crippen LogP contribution in [0.4, 0.5) is 18.9 Å². The number of aryl methyl sites for hydroxylation is 1. The lowest BCUT2D eigenvalue weighted by Gasteiger charge is -2.17. The number of anilines is 1. The van der Waals surface area contributed by atoms with Gasteiger partial charge in [-0.2, -0.15) is 13.2 Å². The molecule has 0 heterocycles. The van der Waals surface area contributed by atoms with Gasteiger partial charge in [0.2, 0.25) is 6.54 Å². The third-order valence-corrected chi connectivity index (χ3v) is 3.23. The predicted molar refractivity (Wildman–Crippen MR) is 75.0 cm³/mol. The van der Waals surface area contributed by atoms with Crippen molar-refractivity contribution in [2.45, 2.75) is 45.3 Å². The summed E-state index contributed by atoms with van der Waals surface area (Å²) in [6.45, 7) is 3.50. The second kappa shape index (κ2) is 7.28. The van der Waals surface area contributed by atoms with Gasteiger partial charge in [-0.3, -0.25) is 10.1 Å². The number of hydrogen-bond acceptors (Lipinski definition) is 3. The van der Waals surface area contributed by atoms with Gasteiger partial charge >= 0.3 is 6.18 Å². The second-order valence-electron chi connectivity index (χ2n) is 4.98. The van der Waals surface area contributed by atoms with Crippen molar-refractivity contribution in [3.63, 3.8) is 0 Å². The van der Waals surface area contributed by atoms with Gasteiger partial charge in [-0.25, -0.2) is 0 Å². The first-order chi connectivity index (χ1) is 9.74. The first-order valence-corrected chi connectivity index (χ1v) is 6.82. The van der Waals surface area contributed by atoms with Gasteiger partial charge in [-0.05, 0) is 37.5 Å². The minimum Gasteiger partial charge on any atom is -0.383 e. The molecule has 0 bridgehead atoms. The number of rotatable bonds is 7. The van der Waals surface area contributed by atoms with Crippen LogP contribution in [0.3, 0.4) is 0 Å². The molecule has 1 aromatic carbocycles. The van der Waals surface area contributed by atoms with E-state index in [2.05, 4.69) is 5.32 Å². The highest BCUT2D eigenvalue weighted by molar-refractivity contribution is 5.50. The first-order valence-electron chi connectivity index (χ1n) is 6.82. The highest BCUT2D eigenvalue weighted by Gasteiger charge is 2.33. The summed E-state index contributed by atoms with van der Waals surface area (Å²) in [5.41, 5.74) is -0.215. The van der Waals surface area contributed by atoms with E-state index >= 15 is 0 Å². The molecular weight excluding hydrogens is 285 g/mol. The first kappa shape index (κ1) is 17.3. The van der Waals surface area contributed by atoms with Crippen molar-refractivity contribution < 1.29 is 18.1 Å². The third-order valence-electron chi connectivity index (χ3n) is 3.23. The van der Waals surface area contributed by atoms with Crippen molar-refractivity contribution in [1.82, 2.24) is 0 Å². The maximum Gasteiger partial charge on any atom is 0.416 e. The summed E-state index contributed by atoms with van der Waals surface area (Å²) in [5, 5.41) is 13.3. The van der Waals surface area contributed by atoms with Crippen LogP contribution < -0.4 is 5.32 Å². The average Bonchev–Trinajstić information content (AvgIpc) is 2.38. The van der Waals surface area contributed by atoms with Crippen LogP contribution in [-0.2, 0) is 12.6 Å². The van der Waals surface area contributed by atoms with E-state index in [4.69, 9.17) is 0 Å². The van der Waals surface area contributed by atoms with Gasteiger partial charge in [0.05, 0.1) is 5.56 Å². The molecule has 118 valence electrons. The minimum absolute atomic E-state index is 0.0411. The highest BCUT2D eigenvalue weighted by Crippen LogP contribution is 2.34. The van der Waals surface area contributed by atoms with Crippen LogP contribution in [-0.4, -0.2) is 17.5 Å². The number of nitrogens with zero attached hydrogens (tertiary/aromatic N) is 1. The Kier molecular flexibility index (Phi) is 5.99. The highest BCUT2D eigenvalue weighted by atomic mass is 19.4. The Labute approximate surface area is 121 Å². The fourth-order valence-corrected chi connectivity index (χ4v) is 1.93. The Morgan fingerprint density at radius 2 is 2.05 bits per heavy atom. The summed E-state index contributed by atoms with van der Waals surface area (Å²) >= 11 is 0. The molecule has 0 spiro atoms. The predicted octanol–water partition coefficient (Wildman–Crippen LogP) is 4.13. The standard InChI is InChI=1S/C14H19F3N2O2/c1-3-10(2)18-12-7-6-11(5-4-8-19(20)21)13(9-12)14(15,16)17/h6-7,9-10,18H,3-5,8H2,1-2H3. The molecule has 0 saturated heterocycles. The molecule has 4 nitrogen and oxygen atoms in total. The minimum atomic E-state index is -4.46. The smallest absolute Gasteiger partial charge is 0.383 e. The topological polar surface area (TPSA) is 55.2 Å². The van der Waals surface area contributed by atoms with Crippen molar-refractivity contribution in [1.29, 1.82) is 0 Å². The van der Waals surface area contributed by atoms with Crippen LogP contribution in [0.15, 0.2) is 18.2 Å². The molecule has 1 N–H and O–H groups in total. The maximum absolute atomic E-state index is 13.1. The van der Waals surface area contributed by atoms with Gasteiger partial charge in [-0.1, -0.05) is 13.0 Å². The van der Waals surface area contributed by atoms with Crippen LogP contribution >= 0.6 is 0 Å². The molecule has 0 aliphatic heterocycles. The van der Waals surface area contributed by atoms with Crippen LogP contribution in [0.2, 0.25) is 0 Å². The van der Waals surface area contributed by atoms with Crippen molar-refractivity contribution in [3.8, 4) is 0 Å². The number of alkyl halides is 3. The lowest BCUT2D eigenvalue weighted by Crippen LogP contribution is -2.16. The van der Waals surface area contributed by atoms with Gasteiger partial charge in [-0.15, -0.1) is 0 Å². The quantitative estimate of drug-likeness (QED) is 0.609. The molecule has 0 fully saturated rings. The Morgan fingerprint density at radius 1 is 1.38 bits per heavy atom. The van der Waals surface area contributed by atoms with Crippen LogP contribution in [0, 0.1) is 10.1 Å². The van der Waals surface area contributed by atoms with Crippen LogP contribution in [0.25, 0.3) is 0 Å². The van der Waals surface area contributed by atoms with Gasteiger partial charge < -0.3 is 5.32 Å². The summed E-state index contributed by atoms with van der Waals surface area (Å²) in [4.78, 5) is 9.73. The summed E-state index contributed by atoms with van der Waals surface area (Å²) in [6.07, 6.45) is -3.53. The van der Waals surface area contributed by atoms with E-state index in [9.17, 15) is 23.3 Å². The molecule has 0 saturated carbocycles. The van der Waals surface area contributed by atoms with Crippen molar-refractivity contribution in [3.05, 3.63) is 39.4 Å². The van der Waals surface area contributed by atoms with Crippen molar-refractivity contribution in [2.75, 3.05) is 11.9 Å². The molecule has 0 aromatic heterocycles. The van der Waals surface area contributed by atoms with E-state index in [0.29, 0.717) is 5.69 Å². The van der Waals surface area contributed by atoms with E-state index in [1.54, 1.807) is 6.07 Å². The molecule has 0 radical (unpaired) electrons. The maximum atomic E-state index is 13.1. The SMILES string of the molecule is CCC(C)Nc1ccc(CCC[N+](=O)[O-])c(C(F)(F)F)c1. The van der Waals surface area contributed by atoms with E-state index in [-0.39, 0.29) is 31.0 Å². The fourth-order valence-electron chi connectivity index (χ4n) is 1.93. The molecule has 0 aliphatic carbocycles. The third kappa shape index (κ3) is 5.61. The summed E-state index contributed by atoms with van der Waals surface area (Å²) in [5.74, 6) is 0. The van der Waals surface area contributed by atoms with Gasteiger partial charge in [0.15, 0.2) is 0 Å². The molecule has 1 unspecified atom stereocenters. The van der Waals surface area contributed by atoms with Crippen LogP contribution in [0.5, 0.6) is 0 Å². The second-order valence-corrected chi connectivity index (χ2v) is 4.98. The molecule has 1 aromatic rings. The molecule has 7 heteroatoms. The monoisotopic (exact) mass is 304 g/mol. The molecule has 0 amide bonds. The van der Waals surface area contributed by atoms with E-state index in [1.807, 2.05) is 13.8 Å². The molecule has 1 atom stereocenters. The van der Waals surface area contributed by atoms with E-state index < -0.39 is 16.7 Å². The number of benzene rings is 1. The Balaban J connectivity index is 2.94. The lowest BCUT2D eigenvalue weighted by atomic mass is 10.0. The van der Waals surface area contributed by atoms with Gasteiger partial charge in [0.25, 0.3) is 0 Å². The summed E-state index contributed by atoms with van der Waals surface area (Å²) < 4.78 is 39.2. The average molecular weight is 304 g/mol. The molecule has 21 heavy (non-hydrogen) atoms. The Morgan fingerprint density at radius 3 is 2.57 bits per heavy atom. The number of nitrogens with one attached hydrogen (secondary N) is 1. The van der Waals surface area contributed by atoms with Gasteiger partial charge in [0.1, 0.15) is 0 Å². The van der Waals surface area contributed by atoms with E-state index in [0.717, 1.165) is 12.5 Å². The normalized spacial score (nSPS) is 13.0. The van der Waals surface area contributed by atoms with Gasteiger partial charge in [0, 0.05) is 23.1 Å². The fraction of sp³-hybridized carbons (Fsp3) is 0.571. The zero-order chi connectivity index (χ0) is 16.0. The molecule has 0 aliphatic rings. The number of nitro groups is 1. The molecule has 1 rings (SSSR count). The summed E-state index contributed by atoms with van der Waals surface area (Å²) in [7, 11) is 0. The van der Waals surface area contributed by atoms with Crippen LogP contribution in [0.1, 0.15) is 37.8 Å². The van der Waals surface area contributed by atoms with Crippen molar-refractivity contribution >= 4 is 5.69 Å². The zero-order valence-corrected chi connectivity index (χ0v) is 12.0. The van der Waals surface area contributed by atoms with E-state index in [1.165, 1.54) is 6.07 Å². The Bertz CT molecular complexity index is 490. The van der Waals surface area contributed by atoms with Crippen molar-refractivity contribution in [2.24, 2.45) is 0 Å². The zero-order valence-electron chi connectivity index (χ0n) is 12.0.